The molecule has 0 unspecified atom stereocenters. The van der Waals surface area contributed by atoms with Crippen LogP contribution >= 0.6 is 0 Å². The highest BCUT2D eigenvalue weighted by atomic mass is 19.4. The van der Waals surface area contributed by atoms with Gasteiger partial charge in [0.2, 0.25) is 41.9 Å². The summed E-state index contributed by atoms with van der Waals surface area (Å²) in [4.78, 5) is 167. The number of unbranched alkanes of at least 4 members (excludes halogenated alkanes) is 1. The lowest BCUT2D eigenvalue weighted by molar-refractivity contribution is -0.163. The fraction of sp³-hybridized carbons (Fsp3) is 0.847. The van der Waals surface area contributed by atoms with Gasteiger partial charge in [-0.05, 0) is 177 Å². The third kappa shape index (κ3) is 242. The van der Waals surface area contributed by atoms with Crippen molar-refractivity contribution >= 4 is 87.7 Å². The molecule has 0 aromatic carbocycles. The lowest BCUT2D eigenvalue weighted by Gasteiger charge is -2.37. The first-order valence-corrected chi connectivity index (χ1v) is 39.9. The molecule has 4 rings (SSSR count). The highest BCUT2D eigenvalue weighted by Crippen LogP contribution is 2.32. The number of hydrogen-bond acceptors (Lipinski definition) is 21. The SMILES string of the molecule is C.C.C.C.C.C.C.C.C.C.C.C.C.C.C.CC(=O)CC1CC1.CC(=O)CCC(F)(F)F.CC(=O)CCC(F)F.CC(=O)CO.CC(=O)N(C)C.CC(=O)N1CC(F)(F)C1.CC(=O)N1CCCC1.CC(=O)N1CCCCC1.CC(C)(C)C.CC(N)=O.CCC(C)=O.CCN(CC)CCCC(C)=O.CCN(CC)CCCCC(C)=O.COC(C)=O.COCCCC(C)=O.CONC(C)=O. The second kappa shape index (κ2) is 135. The number of methoxy groups -OCH3 is 2. The number of primary amides is 1. The fourth-order valence-electron chi connectivity index (χ4n) is 7.28. The highest BCUT2D eigenvalue weighted by molar-refractivity contribution is 5.79. The smallest absolute Gasteiger partial charge is 0.389 e. The van der Waals surface area contributed by atoms with Crippen LogP contribution in [0.3, 0.4) is 0 Å². The number of halogens is 7. The summed E-state index contributed by atoms with van der Waals surface area (Å²) in [6, 6.07) is 0. The zero-order chi connectivity index (χ0) is 94.6. The van der Waals surface area contributed by atoms with Crippen molar-refractivity contribution in [2.45, 2.75) is 425 Å². The Morgan fingerprint density at radius 3 is 0.871 bits per heavy atom. The van der Waals surface area contributed by atoms with E-state index in [0.717, 1.165) is 128 Å². The molecule has 0 radical (unpaired) electrons. The minimum Gasteiger partial charge on any atom is -0.469 e. The number of nitrogens with one attached hydrogen (secondary N) is 1. The maximum Gasteiger partial charge on any atom is 0.389 e. The Morgan fingerprint density at radius 2 is 0.727 bits per heavy atom. The zero-order valence-electron chi connectivity index (χ0n) is 77.4. The Bertz CT molecular complexity index is 2500. The number of aliphatic hydroxyl groups excluding tert-OH is 1. The molecule has 132 heavy (non-hydrogen) atoms. The van der Waals surface area contributed by atoms with Crippen LogP contribution in [0.1, 0.15) is 406 Å². The molecule has 27 nitrogen and oxygen atoms in total. The van der Waals surface area contributed by atoms with E-state index in [1.54, 1.807) is 69.7 Å². The van der Waals surface area contributed by atoms with Gasteiger partial charge in [-0.25, -0.2) is 23.0 Å². The van der Waals surface area contributed by atoms with E-state index in [4.69, 9.17) is 9.84 Å². The molecule has 4 N–H and O–H groups in total. The average Bonchev–Trinajstić information content (AvgIpc) is 1.23. The molecule has 3 heterocycles. The molecule has 816 valence electrons. The van der Waals surface area contributed by atoms with Gasteiger partial charge in [0.05, 0.1) is 33.7 Å². The van der Waals surface area contributed by atoms with Crippen molar-refractivity contribution in [2.75, 3.05) is 127 Å². The summed E-state index contributed by atoms with van der Waals surface area (Å²) in [5.41, 5.74) is 7.04. The zero-order valence-corrected chi connectivity index (χ0v) is 77.4. The Balaban J connectivity index is -0.0000000356. The molecule has 0 atom stereocenters. The van der Waals surface area contributed by atoms with Crippen molar-refractivity contribution in [3.05, 3.63) is 0 Å². The van der Waals surface area contributed by atoms with Crippen molar-refractivity contribution in [1.82, 2.24) is 34.9 Å². The fourth-order valence-corrected chi connectivity index (χ4v) is 7.28. The number of hydroxylamine groups is 1. The van der Waals surface area contributed by atoms with Crippen LogP contribution in [-0.4, -0.2) is 268 Å². The Labute approximate surface area is 809 Å². The molecule has 0 bridgehead atoms. The van der Waals surface area contributed by atoms with Gasteiger partial charge < -0.3 is 83.3 Å². The van der Waals surface area contributed by atoms with Gasteiger partial charge in [0.25, 0.3) is 5.92 Å². The Morgan fingerprint density at radius 1 is 0.455 bits per heavy atom. The first-order chi connectivity index (χ1) is 53.6. The first kappa shape index (κ1) is 200. The molecule has 4 fully saturated rings. The second-order valence-corrected chi connectivity index (χ2v) is 29.1. The van der Waals surface area contributed by atoms with Crippen molar-refractivity contribution in [1.29, 1.82) is 0 Å². The predicted molar refractivity (Wildman–Crippen MR) is 549 cm³/mol. The van der Waals surface area contributed by atoms with E-state index >= 15 is 0 Å². The first-order valence-electron chi connectivity index (χ1n) is 39.9. The molecule has 0 aromatic heterocycles. The van der Waals surface area contributed by atoms with Crippen LogP contribution in [-0.2, 0) is 86.2 Å². The standard InChI is InChI=1S/C10H21NO.C9H19NO.C7H13NO.C6H11NO.C6H12O2.C6H10O.C5H7F3O.C5H7F2NO.C5H8F2O.C5H12.C4H9NO.C4H8O.C3H7NO2.2C3H6O2.C2H5NO.15CH4/c1-4-11(5-2)9-7-6-8-10(3)12;1-4-10(5-2)8-6-7-9(3)11;1-7(9)8-5-3-2-4-6-8;1-6(8)7-4-2-3-5-7;1-6(7)4-3-5-8-2;1-5(7)4-6-2-3-6;1-4(9)2-3-5(6,7)8;1-4(9)8-2-5(6,7)3-8;1-4(8)2-3-5(6)7;1-5(2,3)4;1-4(6)5(2)3;1-3-4(2)5;1-3(5)4-6-2;1-3(4)5-2;1-3(5)2-4;1-2(3)4;;;;;;;;;;;;;;;/h4-9H2,1-3H3;4-8H2,1-3H3;2-6H2,1H3;2-5H2,1H3;3-5H2,1-2H3;6H,2-4H2,1H3;2*2-3H2,1H3;5H,2-3H2,1H3;1-4H3;1-3H3;3H2,1-2H3;1-2H3,(H,4,5);1-2H3;4H,2H2,1H3;1H3,(H2,3,4);15*1H4. The van der Waals surface area contributed by atoms with Crippen LogP contribution in [0.2, 0.25) is 0 Å². The number of ketones is 8. The van der Waals surface area contributed by atoms with Crippen molar-refractivity contribution in [3.63, 3.8) is 0 Å². The molecule has 1 saturated carbocycles. The molecule has 3 saturated heterocycles. The lowest BCUT2D eigenvalue weighted by atomic mass is 10.0. The summed E-state index contributed by atoms with van der Waals surface area (Å²) in [5, 5.41) is 7.79. The summed E-state index contributed by atoms with van der Waals surface area (Å²) in [7, 11) is 7.83. The Hall–Kier alpha value is -7.04. The van der Waals surface area contributed by atoms with Crippen LogP contribution in [0.15, 0.2) is 0 Å². The third-order valence-electron chi connectivity index (χ3n) is 14.2. The number of likely N-dealkylation sites (tertiary alicyclic amines) is 3. The van der Waals surface area contributed by atoms with Gasteiger partial charge in [0, 0.05) is 154 Å². The normalized spacial score (nSPS) is 11.1. The summed E-state index contributed by atoms with van der Waals surface area (Å²) >= 11 is 0. The molecule has 0 spiro atoms. The highest BCUT2D eigenvalue weighted by Gasteiger charge is 2.45. The number of ether oxygens (including phenoxy) is 2. The van der Waals surface area contributed by atoms with Gasteiger partial charge in [-0.3, -0.25) is 43.2 Å². The van der Waals surface area contributed by atoms with Crippen LogP contribution in [0.25, 0.3) is 0 Å². The maximum absolute atomic E-state index is 12.0. The number of nitrogens with two attached hydrogens (primary N) is 1. The van der Waals surface area contributed by atoms with E-state index < -0.39 is 50.2 Å². The predicted octanol–water partition coefficient (Wildman–Crippen LogP) is 23.4. The summed E-state index contributed by atoms with van der Waals surface area (Å²) in [5.74, 6) is -1.66. The van der Waals surface area contributed by atoms with E-state index in [0.29, 0.717) is 42.2 Å². The summed E-state index contributed by atoms with van der Waals surface area (Å²) in [6.07, 6.45) is 8.13. The number of esters is 1. The number of rotatable bonds is 27. The van der Waals surface area contributed by atoms with Crippen LogP contribution < -0.4 is 11.2 Å². The minimum atomic E-state index is -4.19. The quantitative estimate of drug-likeness (QED) is 0.0298. The largest absolute Gasteiger partial charge is 0.469 e. The van der Waals surface area contributed by atoms with Crippen molar-refractivity contribution in [2.24, 2.45) is 17.1 Å². The number of hydrogen-bond donors (Lipinski definition) is 3. The van der Waals surface area contributed by atoms with E-state index in [1.807, 2.05) is 16.7 Å². The van der Waals surface area contributed by atoms with Gasteiger partial charge in [-0.15, -0.1) is 0 Å². The van der Waals surface area contributed by atoms with Gasteiger partial charge in [0.15, 0.2) is 5.78 Å². The van der Waals surface area contributed by atoms with Crippen LogP contribution in [0.5, 0.6) is 0 Å². The molecule has 4 aliphatic rings. The molecular formula is C98H221F7N8O19. The van der Waals surface area contributed by atoms with Gasteiger partial charge in [-0.2, -0.15) is 13.2 Å². The molecular weight excluding hydrogens is 1730 g/mol. The number of carbonyl (C=O) groups excluding carboxylic acids is 15. The van der Waals surface area contributed by atoms with E-state index in [2.05, 4.69) is 86.0 Å². The Kier molecular flexibility index (Phi) is 204. The van der Waals surface area contributed by atoms with Crippen molar-refractivity contribution < 1.29 is 122 Å². The van der Waals surface area contributed by atoms with Gasteiger partial charge in [0.1, 0.15) is 47.1 Å². The van der Waals surface area contributed by atoms with Crippen molar-refractivity contribution in [3.8, 4) is 0 Å². The van der Waals surface area contributed by atoms with E-state index in [1.165, 1.54) is 113 Å². The number of alkyl halides is 7. The maximum atomic E-state index is 12.0. The molecule has 0 aromatic rings. The van der Waals surface area contributed by atoms with E-state index in [-0.39, 0.29) is 195 Å². The number of carbonyl (C=O) groups is 15. The third-order valence-corrected chi connectivity index (χ3v) is 14.2. The number of aliphatic hydroxyl groups is 1. The monoisotopic (exact) mass is 1950 g/mol. The topological polar surface area (TPSA) is 361 Å². The van der Waals surface area contributed by atoms with Crippen LogP contribution in [0, 0.1) is 11.3 Å². The number of piperidine rings is 1. The molecule has 6 amide bonds. The minimum absolute atomic E-state index is 0. The summed E-state index contributed by atoms with van der Waals surface area (Å²) < 4.78 is 89.0. The van der Waals surface area contributed by atoms with Gasteiger partial charge >= 0.3 is 12.1 Å². The molecule has 1 aliphatic carbocycles. The second-order valence-electron chi connectivity index (χ2n) is 29.1. The number of Topliss-reactive ketones (excluding diaryl/α,β-unsaturated/α-hetero) is 8. The van der Waals surface area contributed by atoms with Gasteiger partial charge in [-0.1, -0.05) is 174 Å². The molecule has 34 heteroatoms. The van der Waals surface area contributed by atoms with E-state index in [9.17, 15) is 103 Å². The molecule has 3 aliphatic heterocycles. The van der Waals surface area contributed by atoms with Crippen LogP contribution in [0.4, 0.5) is 30.7 Å². The number of nitrogens with zero attached hydrogens (tertiary/aromatic N) is 6. The number of amides is 6. The lowest BCUT2D eigenvalue weighted by Crippen LogP contribution is -2.57. The summed E-state index contributed by atoms with van der Waals surface area (Å²) in [6.45, 7) is 51.4. The average molecular weight is 1950 g/mol.